The summed E-state index contributed by atoms with van der Waals surface area (Å²) in [6, 6.07) is 19.8. The fourth-order valence-corrected chi connectivity index (χ4v) is 5.29. The molecular formula is C33H6F3N9. The van der Waals surface area contributed by atoms with Crippen molar-refractivity contribution in [1.82, 2.24) is 4.98 Å². The van der Waals surface area contributed by atoms with Crippen molar-refractivity contribution >= 4 is 33.4 Å². The Kier molecular flexibility index (Phi) is 6.98. The van der Waals surface area contributed by atoms with Crippen LogP contribution in [0.2, 0.25) is 0 Å². The molecule has 0 amide bonds. The Labute approximate surface area is 251 Å². The van der Waals surface area contributed by atoms with Crippen LogP contribution < -0.4 is 0 Å². The van der Waals surface area contributed by atoms with E-state index in [0.717, 1.165) is 6.07 Å². The summed E-state index contributed by atoms with van der Waals surface area (Å²) in [7, 11) is 0. The maximum atomic E-state index is 15.3. The van der Waals surface area contributed by atoms with Crippen molar-refractivity contribution in [2.75, 3.05) is 0 Å². The molecule has 5 rings (SSSR count). The van der Waals surface area contributed by atoms with E-state index in [0.29, 0.717) is 12.1 Å². The number of nitriles is 8. The molecule has 0 radical (unpaired) electrons. The molecule has 0 spiro atoms. The van der Waals surface area contributed by atoms with Crippen LogP contribution in [0.1, 0.15) is 44.6 Å². The normalized spacial score (nSPS) is 12.3. The molecule has 9 nitrogen and oxygen atoms in total. The van der Waals surface area contributed by atoms with Gasteiger partial charge < -0.3 is 0 Å². The Morgan fingerprint density at radius 1 is 0.511 bits per heavy atom. The van der Waals surface area contributed by atoms with E-state index in [9.17, 15) is 36.0 Å². The minimum Gasteiger partial charge on any atom is -0.208 e. The van der Waals surface area contributed by atoms with Crippen LogP contribution in [0.3, 0.4) is 0 Å². The van der Waals surface area contributed by atoms with Crippen LogP contribution in [-0.4, -0.2) is 4.98 Å². The van der Waals surface area contributed by atoms with Crippen LogP contribution >= 0.6 is 0 Å². The molecule has 0 aliphatic heterocycles. The lowest BCUT2D eigenvalue weighted by Gasteiger charge is -2.11. The Morgan fingerprint density at radius 3 is 1.44 bits per heavy atom. The molecule has 12 heteroatoms. The maximum absolute atomic E-state index is 15.3. The maximum Gasteiger partial charge on any atom is 0.222 e. The molecule has 3 aromatic rings. The molecule has 0 unspecified atom stereocenters. The van der Waals surface area contributed by atoms with Crippen LogP contribution in [-0.2, 0) is 0 Å². The topological polar surface area (TPSA) is 203 Å². The lowest BCUT2D eigenvalue weighted by atomic mass is 9.90. The number of allylic oxidation sites excluding steroid dienone is 8. The summed E-state index contributed by atoms with van der Waals surface area (Å²) >= 11 is 0. The van der Waals surface area contributed by atoms with E-state index < -0.39 is 39.9 Å². The minimum atomic E-state index is -1.18. The van der Waals surface area contributed by atoms with Gasteiger partial charge in [0, 0.05) is 44.5 Å². The van der Waals surface area contributed by atoms with Crippen molar-refractivity contribution in [2.45, 2.75) is 0 Å². The number of halogens is 3. The van der Waals surface area contributed by atoms with Gasteiger partial charge >= 0.3 is 0 Å². The van der Waals surface area contributed by atoms with Crippen molar-refractivity contribution in [3.63, 3.8) is 0 Å². The lowest BCUT2D eigenvalue weighted by Crippen LogP contribution is -1.98. The lowest BCUT2D eigenvalue weighted by molar-refractivity contribution is 0.579. The third kappa shape index (κ3) is 4.15. The SMILES string of the molecule is N#CC(C#N)=C1C(c2cc(F)c(C#N)cc2F)=C(C#N)c2cc3c(cc21)C(C#N)=C(c1ccc(C#N)nc1F)C3=C(C#N)C#N. The standard InChI is InChI=1S/C33H6F3N9/c34-27-6-24(28(35)3-15(27)7-37)32-26(14-44)21-5-22-20(4-23(21)30(32)17(10-40)11-41)25(13-43)31(29(22)16(8-38)9-39)19-2-1-18(12-42)45-33(19)36/h1-6H. The monoisotopic (exact) mass is 585 g/mol. The number of hydrogen-bond acceptors (Lipinski definition) is 9. The number of benzene rings is 2. The number of fused-ring (bicyclic) bond motifs is 2. The predicted octanol–water partition coefficient (Wildman–Crippen LogP) is 5.74. The summed E-state index contributed by atoms with van der Waals surface area (Å²) in [4.78, 5) is 3.55. The first-order valence-corrected chi connectivity index (χ1v) is 12.3. The van der Waals surface area contributed by atoms with Crippen LogP contribution in [0.4, 0.5) is 13.2 Å². The molecule has 204 valence electrons. The largest absolute Gasteiger partial charge is 0.222 e. The molecular weight excluding hydrogens is 579 g/mol. The van der Waals surface area contributed by atoms with E-state index >= 15 is 8.78 Å². The predicted molar refractivity (Wildman–Crippen MR) is 148 cm³/mol. The Balaban J connectivity index is 1.95. The van der Waals surface area contributed by atoms with Crippen molar-refractivity contribution in [1.29, 1.82) is 42.1 Å². The molecule has 0 saturated heterocycles. The van der Waals surface area contributed by atoms with Gasteiger partial charge in [0.2, 0.25) is 5.95 Å². The second-order valence-corrected chi connectivity index (χ2v) is 9.18. The van der Waals surface area contributed by atoms with E-state index in [1.807, 2.05) is 12.1 Å². The summed E-state index contributed by atoms with van der Waals surface area (Å²) in [6.07, 6.45) is 0. The van der Waals surface area contributed by atoms with Gasteiger partial charge in [-0.3, -0.25) is 0 Å². The van der Waals surface area contributed by atoms with Crippen molar-refractivity contribution in [2.24, 2.45) is 0 Å². The number of hydrogen-bond donors (Lipinski definition) is 0. The van der Waals surface area contributed by atoms with E-state index in [4.69, 9.17) is 10.5 Å². The van der Waals surface area contributed by atoms with Gasteiger partial charge in [0.05, 0.1) is 16.7 Å². The highest BCUT2D eigenvalue weighted by molar-refractivity contribution is 6.29. The average molecular weight is 585 g/mol. The Morgan fingerprint density at radius 2 is 1.02 bits per heavy atom. The van der Waals surface area contributed by atoms with Crippen LogP contribution in [0, 0.1) is 108 Å². The third-order valence-electron chi connectivity index (χ3n) is 7.08. The first kappa shape index (κ1) is 28.8. The average Bonchev–Trinajstić information content (AvgIpc) is 3.53. The van der Waals surface area contributed by atoms with Crippen LogP contribution in [0.15, 0.2) is 47.5 Å². The molecule has 1 heterocycles. The fourth-order valence-electron chi connectivity index (χ4n) is 5.29. The van der Waals surface area contributed by atoms with E-state index in [-0.39, 0.29) is 66.9 Å². The molecule has 0 saturated carbocycles. The van der Waals surface area contributed by atoms with Gasteiger partial charge in [-0.1, -0.05) is 0 Å². The van der Waals surface area contributed by atoms with Gasteiger partial charge in [-0.2, -0.15) is 46.5 Å². The smallest absolute Gasteiger partial charge is 0.208 e. The summed E-state index contributed by atoms with van der Waals surface area (Å²) in [5.41, 5.74) is -4.58. The Hall–Kier alpha value is -7.74. The highest BCUT2D eigenvalue weighted by Crippen LogP contribution is 2.54. The highest BCUT2D eigenvalue weighted by atomic mass is 19.1. The molecule has 0 bridgehead atoms. The quantitative estimate of drug-likeness (QED) is 0.265. The molecule has 2 aromatic carbocycles. The third-order valence-corrected chi connectivity index (χ3v) is 7.08. The fraction of sp³-hybridized carbons (Fsp3) is 0. The first-order chi connectivity index (χ1) is 21.7. The van der Waals surface area contributed by atoms with E-state index in [1.54, 1.807) is 30.3 Å². The van der Waals surface area contributed by atoms with Gasteiger partial charge in [-0.05, 0) is 47.5 Å². The zero-order valence-electron chi connectivity index (χ0n) is 22.1. The number of pyridine rings is 1. The van der Waals surface area contributed by atoms with Gasteiger partial charge in [-0.15, -0.1) is 0 Å². The van der Waals surface area contributed by atoms with Crippen LogP contribution in [0.25, 0.3) is 33.4 Å². The minimum absolute atomic E-state index is 0.00533. The molecule has 2 aliphatic carbocycles. The van der Waals surface area contributed by atoms with Gasteiger partial charge in [0.15, 0.2) is 0 Å². The van der Waals surface area contributed by atoms with Crippen LogP contribution in [0.5, 0.6) is 0 Å². The molecule has 1 aromatic heterocycles. The highest BCUT2D eigenvalue weighted by Gasteiger charge is 2.38. The Bertz CT molecular complexity index is 2410. The zero-order valence-corrected chi connectivity index (χ0v) is 22.1. The number of aromatic nitrogens is 1. The molecule has 45 heavy (non-hydrogen) atoms. The number of nitrogens with zero attached hydrogens (tertiary/aromatic N) is 9. The molecule has 2 aliphatic rings. The summed E-state index contributed by atoms with van der Waals surface area (Å²) in [5.74, 6) is -3.45. The van der Waals surface area contributed by atoms with Crippen molar-refractivity contribution < 1.29 is 13.2 Å². The van der Waals surface area contributed by atoms with E-state index in [2.05, 4.69) is 4.98 Å². The zero-order chi connectivity index (χ0) is 32.6. The van der Waals surface area contributed by atoms with Crippen molar-refractivity contribution in [3.05, 3.63) is 110 Å². The van der Waals surface area contributed by atoms with Gasteiger partial charge in [-0.25, -0.2) is 13.8 Å². The van der Waals surface area contributed by atoms with Crippen molar-refractivity contribution in [3.8, 4) is 48.6 Å². The van der Waals surface area contributed by atoms with E-state index in [1.165, 1.54) is 24.3 Å². The van der Waals surface area contributed by atoms with Gasteiger partial charge in [0.25, 0.3) is 0 Å². The molecule has 0 atom stereocenters. The molecule has 0 N–H and O–H groups in total. The second kappa shape index (κ2) is 10.9. The summed E-state index contributed by atoms with van der Waals surface area (Å²) < 4.78 is 45.3. The summed E-state index contributed by atoms with van der Waals surface area (Å²) in [5, 5.41) is 78.0. The second-order valence-electron chi connectivity index (χ2n) is 9.18. The van der Waals surface area contributed by atoms with Gasteiger partial charge in [0.1, 0.15) is 77.0 Å². The summed E-state index contributed by atoms with van der Waals surface area (Å²) in [6.45, 7) is 0. The molecule has 0 fully saturated rings. The first-order valence-electron chi connectivity index (χ1n) is 12.3. The number of rotatable bonds is 2.